The number of carbonyl (C=O) groups excluding carboxylic acids is 1. The first-order valence-corrected chi connectivity index (χ1v) is 12.4. The van der Waals surface area contributed by atoms with Gasteiger partial charge in [-0.15, -0.1) is 0 Å². The fourth-order valence-corrected chi connectivity index (χ4v) is 4.61. The molecule has 1 saturated carbocycles. The molecule has 1 N–H and O–H groups in total. The second-order valence-corrected chi connectivity index (χ2v) is 9.96. The van der Waals surface area contributed by atoms with E-state index in [9.17, 15) is 4.79 Å². The van der Waals surface area contributed by atoms with Gasteiger partial charge in [0.05, 0.1) is 30.3 Å². The third-order valence-corrected chi connectivity index (χ3v) is 6.62. The molecule has 8 heteroatoms. The number of anilines is 3. The molecule has 186 valence electrons. The number of esters is 1. The second-order valence-electron chi connectivity index (χ2n) is 9.52. The van der Waals surface area contributed by atoms with Gasteiger partial charge in [-0.2, -0.15) is 0 Å². The molecule has 0 aliphatic heterocycles. The van der Waals surface area contributed by atoms with Crippen molar-refractivity contribution in [2.75, 3.05) is 31.0 Å². The smallest absolute Gasteiger partial charge is 0.306 e. The normalized spacial score (nSPS) is 19.0. The molecular formula is C26H37ClN4O3. The molecule has 0 bridgehead atoms. The second kappa shape index (κ2) is 12.4. The molecule has 2 heterocycles. The summed E-state index contributed by atoms with van der Waals surface area (Å²) in [6.45, 7) is 7.37. The minimum Gasteiger partial charge on any atom is -0.469 e. The summed E-state index contributed by atoms with van der Waals surface area (Å²) in [4.78, 5) is 23.7. The lowest BCUT2D eigenvalue weighted by Crippen LogP contribution is -2.42. The molecule has 1 atom stereocenters. The van der Waals surface area contributed by atoms with Crippen LogP contribution in [0.4, 0.5) is 17.3 Å². The minimum absolute atomic E-state index is 0.0246. The maximum atomic E-state index is 11.9. The third-order valence-electron chi connectivity index (χ3n) is 6.40. The number of aromatic nitrogens is 2. The lowest BCUT2D eigenvalue weighted by molar-refractivity contribution is -0.140. The lowest BCUT2D eigenvalue weighted by atomic mass is 9.91. The summed E-state index contributed by atoms with van der Waals surface area (Å²) in [5.74, 6) is 1.81. The fourth-order valence-electron chi connectivity index (χ4n) is 4.50. The van der Waals surface area contributed by atoms with Crippen LogP contribution in [0.15, 0.2) is 30.6 Å². The highest BCUT2D eigenvalue weighted by molar-refractivity contribution is 6.30. The van der Waals surface area contributed by atoms with E-state index in [0.29, 0.717) is 35.3 Å². The number of halogens is 1. The molecule has 1 aliphatic rings. The van der Waals surface area contributed by atoms with Gasteiger partial charge in [0.1, 0.15) is 5.82 Å². The standard InChI is InChI=1S/C26H37ClN4O3/c1-17(2)16-31(21-7-9-22(33-4)10-8-21)26-23(30-24-11-6-20(27)15-28-24)13-19(14-29-26)18(3)12-25(32)34-5/h6,11,13-15,17-18,21-22H,7-10,12,16H2,1-5H3,(H,28,30). The van der Waals surface area contributed by atoms with Gasteiger partial charge in [0, 0.05) is 32.1 Å². The van der Waals surface area contributed by atoms with Crippen LogP contribution in [0.25, 0.3) is 0 Å². The molecule has 7 nitrogen and oxygen atoms in total. The largest absolute Gasteiger partial charge is 0.469 e. The van der Waals surface area contributed by atoms with Crippen LogP contribution in [-0.2, 0) is 14.3 Å². The van der Waals surface area contributed by atoms with Crippen LogP contribution in [0.3, 0.4) is 0 Å². The SMILES string of the molecule is COC(=O)CC(C)c1cnc(N(CC(C)C)C2CCC(OC)CC2)c(Nc2ccc(Cl)cn2)c1. The molecule has 1 unspecified atom stereocenters. The van der Waals surface area contributed by atoms with E-state index < -0.39 is 0 Å². The first-order chi connectivity index (χ1) is 16.3. The monoisotopic (exact) mass is 488 g/mol. The summed E-state index contributed by atoms with van der Waals surface area (Å²) < 4.78 is 10.5. The predicted molar refractivity (Wildman–Crippen MR) is 137 cm³/mol. The molecule has 2 aromatic heterocycles. The Morgan fingerprint density at radius 3 is 2.47 bits per heavy atom. The van der Waals surface area contributed by atoms with Crippen molar-refractivity contribution in [3.05, 3.63) is 41.2 Å². The van der Waals surface area contributed by atoms with Gasteiger partial charge in [-0.3, -0.25) is 4.79 Å². The minimum atomic E-state index is -0.234. The zero-order valence-corrected chi connectivity index (χ0v) is 21.6. The highest BCUT2D eigenvalue weighted by atomic mass is 35.5. The van der Waals surface area contributed by atoms with Crippen LogP contribution < -0.4 is 10.2 Å². The van der Waals surface area contributed by atoms with Crippen molar-refractivity contribution in [1.82, 2.24) is 9.97 Å². The van der Waals surface area contributed by atoms with Crippen molar-refractivity contribution >= 4 is 34.9 Å². The highest BCUT2D eigenvalue weighted by Gasteiger charge is 2.29. The molecule has 0 spiro atoms. The van der Waals surface area contributed by atoms with Gasteiger partial charge in [-0.25, -0.2) is 9.97 Å². The Hall–Kier alpha value is -2.38. The van der Waals surface area contributed by atoms with Crippen molar-refractivity contribution < 1.29 is 14.3 Å². The predicted octanol–water partition coefficient (Wildman–Crippen LogP) is 5.96. The van der Waals surface area contributed by atoms with Gasteiger partial charge in [-0.1, -0.05) is 32.4 Å². The van der Waals surface area contributed by atoms with Gasteiger partial charge in [0.15, 0.2) is 5.82 Å². The number of ether oxygens (including phenoxy) is 2. The van der Waals surface area contributed by atoms with E-state index in [4.69, 9.17) is 26.1 Å². The summed E-state index contributed by atoms with van der Waals surface area (Å²) >= 11 is 6.04. The molecular weight excluding hydrogens is 452 g/mol. The summed E-state index contributed by atoms with van der Waals surface area (Å²) in [7, 11) is 3.21. The number of nitrogens with zero attached hydrogens (tertiary/aromatic N) is 3. The number of methoxy groups -OCH3 is 2. The van der Waals surface area contributed by atoms with E-state index in [0.717, 1.165) is 49.3 Å². The Labute approximate surface area is 208 Å². The fraction of sp³-hybridized carbons (Fsp3) is 0.577. The number of carbonyl (C=O) groups is 1. The van der Waals surface area contributed by atoms with Crippen molar-refractivity contribution in [3.63, 3.8) is 0 Å². The molecule has 0 radical (unpaired) electrons. The van der Waals surface area contributed by atoms with Gasteiger partial charge in [0.25, 0.3) is 0 Å². The van der Waals surface area contributed by atoms with E-state index in [1.807, 2.05) is 25.3 Å². The Morgan fingerprint density at radius 1 is 1.15 bits per heavy atom. The van der Waals surface area contributed by atoms with Crippen molar-refractivity contribution in [2.45, 2.75) is 70.9 Å². The van der Waals surface area contributed by atoms with Gasteiger partial charge < -0.3 is 19.7 Å². The Balaban J connectivity index is 1.97. The van der Waals surface area contributed by atoms with Crippen LogP contribution in [0.1, 0.15) is 64.4 Å². The zero-order valence-electron chi connectivity index (χ0n) is 20.9. The van der Waals surface area contributed by atoms with Crippen LogP contribution in [0, 0.1) is 5.92 Å². The molecule has 2 aromatic rings. The Morgan fingerprint density at radius 2 is 1.88 bits per heavy atom. The third kappa shape index (κ3) is 7.06. The number of rotatable bonds is 10. The summed E-state index contributed by atoms with van der Waals surface area (Å²) in [5.41, 5.74) is 1.84. The van der Waals surface area contributed by atoms with Gasteiger partial charge >= 0.3 is 5.97 Å². The van der Waals surface area contributed by atoms with Crippen LogP contribution in [-0.4, -0.2) is 48.8 Å². The molecule has 0 saturated heterocycles. The van der Waals surface area contributed by atoms with Gasteiger partial charge in [0.2, 0.25) is 0 Å². The van der Waals surface area contributed by atoms with E-state index in [1.165, 1.54) is 7.11 Å². The maximum Gasteiger partial charge on any atom is 0.306 e. The number of nitrogens with one attached hydrogen (secondary N) is 1. The summed E-state index contributed by atoms with van der Waals surface area (Å²) in [6, 6.07) is 6.14. The summed E-state index contributed by atoms with van der Waals surface area (Å²) in [5, 5.41) is 4.04. The van der Waals surface area contributed by atoms with E-state index >= 15 is 0 Å². The first kappa shape index (κ1) is 26.2. The first-order valence-electron chi connectivity index (χ1n) is 12.1. The van der Waals surface area contributed by atoms with Gasteiger partial charge in [-0.05, 0) is 61.3 Å². The maximum absolute atomic E-state index is 11.9. The topological polar surface area (TPSA) is 76.6 Å². The van der Waals surface area contributed by atoms with Crippen molar-refractivity contribution in [1.29, 1.82) is 0 Å². The molecule has 3 rings (SSSR count). The molecule has 34 heavy (non-hydrogen) atoms. The number of hydrogen-bond acceptors (Lipinski definition) is 7. The zero-order chi connectivity index (χ0) is 24.7. The summed E-state index contributed by atoms with van der Waals surface area (Å²) in [6.07, 6.45) is 8.36. The average molecular weight is 489 g/mol. The molecule has 1 aliphatic carbocycles. The average Bonchev–Trinajstić information content (AvgIpc) is 2.84. The lowest BCUT2D eigenvalue weighted by Gasteiger charge is -2.39. The van der Waals surface area contributed by atoms with Crippen molar-refractivity contribution in [2.24, 2.45) is 5.92 Å². The molecule has 0 amide bonds. The quantitative estimate of drug-likeness (QED) is 0.413. The van der Waals surface area contributed by atoms with Crippen molar-refractivity contribution in [3.8, 4) is 0 Å². The number of pyridine rings is 2. The van der Waals surface area contributed by atoms with Crippen LogP contribution in [0.5, 0.6) is 0 Å². The van der Waals surface area contributed by atoms with Crippen LogP contribution >= 0.6 is 11.6 Å². The van der Waals surface area contributed by atoms with E-state index in [2.05, 4.69) is 35.1 Å². The van der Waals surface area contributed by atoms with Crippen LogP contribution in [0.2, 0.25) is 5.02 Å². The Bertz CT molecular complexity index is 930. The van der Waals surface area contributed by atoms with E-state index in [-0.39, 0.29) is 11.9 Å². The molecule has 0 aromatic carbocycles. The molecule has 1 fully saturated rings. The highest BCUT2D eigenvalue weighted by Crippen LogP contribution is 2.35. The Kier molecular flexibility index (Phi) is 9.54. The number of hydrogen-bond donors (Lipinski definition) is 1. The van der Waals surface area contributed by atoms with E-state index in [1.54, 1.807) is 13.3 Å².